The first-order valence-electron chi connectivity index (χ1n) is 12.9. The molecule has 0 N–H and O–H groups in total. The third-order valence-electron chi connectivity index (χ3n) is 6.94. The Hall–Kier alpha value is -0.530. The second-order valence-corrected chi connectivity index (χ2v) is 10.9. The van der Waals surface area contributed by atoms with Gasteiger partial charge in [-0.1, -0.05) is 65.2 Å². The minimum Gasteiger partial charge on any atom is -0.366 e. The molecule has 5 unspecified atom stereocenters. The predicted octanol–water partition coefficient (Wildman–Crippen LogP) is 7.48. The van der Waals surface area contributed by atoms with Crippen LogP contribution < -0.4 is 0 Å². The van der Waals surface area contributed by atoms with Crippen LogP contribution in [-0.2, 0) is 9.53 Å². The summed E-state index contributed by atoms with van der Waals surface area (Å²) in [7, 11) is 0. The van der Waals surface area contributed by atoms with Crippen molar-refractivity contribution in [2.75, 3.05) is 5.75 Å². The Labute approximate surface area is 190 Å². The second kappa shape index (κ2) is 15.3. The van der Waals surface area contributed by atoms with Gasteiger partial charge in [0, 0.05) is 17.6 Å². The number of ketones is 1. The van der Waals surface area contributed by atoms with Crippen LogP contribution in [-0.4, -0.2) is 29.0 Å². The Morgan fingerprint density at radius 3 is 2.33 bits per heavy atom. The first-order chi connectivity index (χ1) is 14.7. The van der Waals surface area contributed by atoms with E-state index >= 15 is 0 Å². The number of Topliss-reactive ketones (excluding diaryl/α,β-unsaturated/α-hetero) is 1. The van der Waals surface area contributed by atoms with E-state index in [4.69, 9.17) is 4.74 Å². The van der Waals surface area contributed by atoms with Crippen molar-refractivity contribution < 1.29 is 9.53 Å². The fourth-order valence-electron chi connectivity index (χ4n) is 5.10. The zero-order chi connectivity index (χ0) is 21.6. The molecule has 3 nitrogen and oxygen atoms in total. The number of ether oxygens (including phenoxy) is 1. The molecule has 3 fully saturated rings. The van der Waals surface area contributed by atoms with Crippen molar-refractivity contribution in [2.45, 2.75) is 134 Å². The van der Waals surface area contributed by atoms with E-state index in [0.29, 0.717) is 29.5 Å². The van der Waals surface area contributed by atoms with Crippen molar-refractivity contribution in [1.82, 2.24) is 0 Å². The monoisotopic (exact) mass is 435 g/mol. The molecule has 0 radical (unpaired) electrons. The molecular formula is C26H45NO2S. The van der Waals surface area contributed by atoms with Gasteiger partial charge < -0.3 is 4.74 Å². The molecule has 2 bridgehead atoms. The largest absolute Gasteiger partial charge is 0.366 e. The van der Waals surface area contributed by atoms with Crippen LogP contribution in [0.2, 0.25) is 0 Å². The van der Waals surface area contributed by atoms with E-state index in [1.54, 1.807) is 0 Å². The third-order valence-corrected chi connectivity index (χ3v) is 8.51. The topological polar surface area (TPSA) is 50.1 Å². The zero-order valence-electron chi connectivity index (χ0n) is 19.6. The molecule has 1 aliphatic carbocycles. The lowest BCUT2D eigenvalue weighted by Crippen LogP contribution is -2.51. The molecule has 3 aliphatic rings. The van der Waals surface area contributed by atoms with Crippen LogP contribution in [0.25, 0.3) is 0 Å². The summed E-state index contributed by atoms with van der Waals surface area (Å²) in [5.74, 6) is 2.15. The fraction of sp³-hybridized carbons (Fsp3) is 0.923. The van der Waals surface area contributed by atoms with Gasteiger partial charge in [0.2, 0.25) is 0 Å². The van der Waals surface area contributed by atoms with Gasteiger partial charge >= 0.3 is 0 Å². The molecule has 0 aromatic carbocycles. The molecule has 0 aromatic rings. The molecule has 172 valence electrons. The van der Waals surface area contributed by atoms with Gasteiger partial charge in [-0.05, 0) is 56.6 Å². The van der Waals surface area contributed by atoms with Crippen molar-refractivity contribution >= 4 is 17.5 Å². The highest BCUT2D eigenvalue weighted by molar-refractivity contribution is 7.99. The average molecular weight is 436 g/mol. The molecule has 5 atom stereocenters. The molecule has 3 rings (SSSR count). The lowest BCUT2D eigenvalue weighted by molar-refractivity contribution is -0.157. The van der Waals surface area contributed by atoms with Gasteiger partial charge in [0.15, 0.2) is 5.78 Å². The van der Waals surface area contributed by atoms with Crippen molar-refractivity contribution in [3.63, 3.8) is 0 Å². The molecule has 0 aromatic heterocycles. The van der Waals surface area contributed by atoms with Gasteiger partial charge in [-0.3, -0.25) is 4.79 Å². The number of fused-ring (bicyclic) bond motifs is 3. The quantitative estimate of drug-likeness (QED) is 0.222. The number of nitrogens with zero attached hydrogens (tertiary/aromatic N) is 1. The Morgan fingerprint density at radius 2 is 1.70 bits per heavy atom. The Morgan fingerprint density at radius 1 is 1.00 bits per heavy atom. The summed E-state index contributed by atoms with van der Waals surface area (Å²) in [5.41, 5.74) is 0. The van der Waals surface area contributed by atoms with Gasteiger partial charge in [-0.25, -0.2) is 0 Å². The van der Waals surface area contributed by atoms with E-state index in [2.05, 4.69) is 19.9 Å². The Kier molecular flexibility index (Phi) is 13.1. The molecule has 2 heterocycles. The van der Waals surface area contributed by atoms with Crippen molar-refractivity contribution in [1.29, 1.82) is 5.26 Å². The summed E-state index contributed by atoms with van der Waals surface area (Å²) in [5, 5.41) is 10.0. The smallest absolute Gasteiger partial charge is 0.161 e. The highest BCUT2D eigenvalue weighted by Crippen LogP contribution is 2.43. The SMILES string of the molecule is CCCCCCCCCC(C#N)CCCCC(=O)C1OC2CCC1CC2SCCC. The molecule has 0 spiro atoms. The maximum absolute atomic E-state index is 12.7. The van der Waals surface area contributed by atoms with Crippen LogP contribution in [0, 0.1) is 23.2 Å². The third kappa shape index (κ3) is 8.91. The second-order valence-electron chi connectivity index (χ2n) is 9.53. The number of carbonyl (C=O) groups is 1. The lowest BCUT2D eigenvalue weighted by Gasteiger charge is -2.46. The Balaban J connectivity index is 1.55. The van der Waals surface area contributed by atoms with Crippen LogP contribution in [0.3, 0.4) is 0 Å². The molecule has 0 amide bonds. The van der Waals surface area contributed by atoms with E-state index in [-0.39, 0.29) is 12.0 Å². The van der Waals surface area contributed by atoms with Crippen molar-refractivity contribution in [3.05, 3.63) is 0 Å². The lowest BCUT2D eigenvalue weighted by atomic mass is 9.78. The first kappa shape index (κ1) is 25.7. The molecule has 4 heteroatoms. The van der Waals surface area contributed by atoms with Crippen molar-refractivity contribution in [3.8, 4) is 6.07 Å². The van der Waals surface area contributed by atoms with Gasteiger partial charge in [0.1, 0.15) is 6.10 Å². The maximum atomic E-state index is 12.7. The number of unbranched alkanes of at least 4 members (excludes halogenated alkanes) is 7. The number of rotatable bonds is 17. The molecule has 30 heavy (non-hydrogen) atoms. The van der Waals surface area contributed by atoms with E-state index in [1.165, 1.54) is 70.0 Å². The first-order valence-corrected chi connectivity index (χ1v) is 13.9. The Bertz CT molecular complexity index is 518. The number of hydrogen-bond donors (Lipinski definition) is 0. The highest BCUT2D eigenvalue weighted by Gasteiger charge is 2.45. The average Bonchev–Trinajstić information content (AvgIpc) is 2.78. The van der Waals surface area contributed by atoms with Gasteiger partial charge in [0.05, 0.1) is 12.2 Å². The number of nitriles is 1. The molecular weight excluding hydrogens is 390 g/mol. The standard InChI is InChI=1S/C26H45NO2S/c1-3-5-6-7-8-9-10-13-21(20-27)14-11-12-15-23(28)26-22-16-17-24(29-26)25(19-22)30-18-4-2/h21-22,24-26H,3-19H2,1-2H3. The summed E-state index contributed by atoms with van der Waals surface area (Å²) < 4.78 is 6.23. The predicted molar refractivity (Wildman–Crippen MR) is 128 cm³/mol. The van der Waals surface area contributed by atoms with Crippen LogP contribution in [0.15, 0.2) is 0 Å². The highest BCUT2D eigenvalue weighted by atomic mass is 32.2. The summed E-state index contributed by atoms with van der Waals surface area (Å²) in [6.45, 7) is 4.48. The minimum atomic E-state index is -0.137. The minimum absolute atomic E-state index is 0.137. The maximum Gasteiger partial charge on any atom is 0.161 e. The van der Waals surface area contributed by atoms with Gasteiger partial charge in [0.25, 0.3) is 0 Å². The molecule has 1 saturated carbocycles. The number of thioether (sulfide) groups is 1. The van der Waals surface area contributed by atoms with E-state index in [9.17, 15) is 10.1 Å². The summed E-state index contributed by atoms with van der Waals surface area (Å²) in [4.78, 5) is 12.7. The van der Waals surface area contributed by atoms with Crippen LogP contribution in [0.1, 0.15) is 117 Å². The zero-order valence-corrected chi connectivity index (χ0v) is 20.4. The molecule has 2 saturated heterocycles. The van der Waals surface area contributed by atoms with Crippen LogP contribution in [0.5, 0.6) is 0 Å². The van der Waals surface area contributed by atoms with Crippen molar-refractivity contribution in [2.24, 2.45) is 11.8 Å². The summed E-state index contributed by atoms with van der Waals surface area (Å²) in [6, 6.07) is 2.50. The van der Waals surface area contributed by atoms with E-state index < -0.39 is 0 Å². The van der Waals surface area contributed by atoms with Gasteiger partial charge in [-0.2, -0.15) is 17.0 Å². The summed E-state index contributed by atoms with van der Waals surface area (Å²) >= 11 is 2.05. The number of carbonyl (C=O) groups excluding carboxylic acids is 1. The number of hydrogen-bond acceptors (Lipinski definition) is 4. The van der Waals surface area contributed by atoms with Crippen LogP contribution in [0.4, 0.5) is 0 Å². The van der Waals surface area contributed by atoms with Crippen LogP contribution >= 0.6 is 11.8 Å². The normalized spacial score (nSPS) is 26.4. The van der Waals surface area contributed by atoms with E-state index in [1.807, 2.05) is 11.8 Å². The van der Waals surface area contributed by atoms with Gasteiger partial charge in [-0.15, -0.1) is 0 Å². The summed E-state index contributed by atoms with van der Waals surface area (Å²) in [6.07, 6.45) is 18.5. The fourth-order valence-corrected chi connectivity index (χ4v) is 6.44. The molecule has 2 aliphatic heterocycles. The van der Waals surface area contributed by atoms with E-state index in [0.717, 1.165) is 32.1 Å².